The van der Waals surface area contributed by atoms with Crippen LogP contribution < -0.4 is 0 Å². The van der Waals surface area contributed by atoms with Gasteiger partial charge in [-0.3, -0.25) is 9.69 Å². The van der Waals surface area contributed by atoms with Crippen molar-refractivity contribution >= 4 is 5.97 Å². The lowest BCUT2D eigenvalue weighted by Crippen LogP contribution is -2.34. The van der Waals surface area contributed by atoms with Crippen LogP contribution in [-0.4, -0.2) is 41.7 Å². The van der Waals surface area contributed by atoms with Crippen molar-refractivity contribution in [3.8, 4) is 0 Å². The van der Waals surface area contributed by atoms with Crippen molar-refractivity contribution in [3.05, 3.63) is 71.3 Å². The summed E-state index contributed by atoms with van der Waals surface area (Å²) in [6, 6.07) is 19.6. The summed E-state index contributed by atoms with van der Waals surface area (Å²) >= 11 is 0. The summed E-state index contributed by atoms with van der Waals surface area (Å²) in [5, 5.41) is 8.78. The molecule has 4 nitrogen and oxygen atoms in total. The first-order valence-corrected chi connectivity index (χ1v) is 9.86. The highest BCUT2D eigenvalue weighted by Crippen LogP contribution is 2.19. The van der Waals surface area contributed by atoms with Gasteiger partial charge in [-0.25, -0.2) is 0 Å². The number of carbonyl (C=O) groups is 1. The van der Waals surface area contributed by atoms with E-state index in [9.17, 15) is 4.79 Å². The number of aliphatic carboxylic acids is 1. The molecule has 1 heterocycles. The second kappa shape index (κ2) is 10.2. The number of likely N-dealkylation sites (tertiary alicyclic amines) is 1. The monoisotopic (exact) mass is 367 g/mol. The normalized spacial score (nSPS) is 17.3. The van der Waals surface area contributed by atoms with Gasteiger partial charge in [0.1, 0.15) is 0 Å². The molecular weight excluding hydrogens is 338 g/mol. The quantitative estimate of drug-likeness (QED) is 0.686. The van der Waals surface area contributed by atoms with E-state index in [1.165, 1.54) is 23.1 Å². The predicted octanol–water partition coefficient (Wildman–Crippen LogP) is 4.12. The molecule has 27 heavy (non-hydrogen) atoms. The number of benzene rings is 2. The highest BCUT2D eigenvalue weighted by Gasteiger charge is 2.24. The molecule has 1 aliphatic heterocycles. The Hall–Kier alpha value is -2.17. The molecule has 4 heteroatoms. The van der Waals surface area contributed by atoms with Gasteiger partial charge in [-0.1, -0.05) is 54.6 Å². The zero-order valence-corrected chi connectivity index (χ0v) is 15.8. The first-order chi connectivity index (χ1) is 13.2. The van der Waals surface area contributed by atoms with Crippen LogP contribution in [0.1, 0.15) is 42.4 Å². The van der Waals surface area contributed by atoms with Crippen LogP contribution >= 0.6 is 0 Å². The topological polar surface area (TPSA) is 49.8 Å². The van der Waals surface area contributed by atoms with Gasteiger partial charge in [0.15, 0.2) is 0 Å². The van der Waals surface area contributed by atoms with Crippen LogP contribution in [0.25, 0.3) is 0 Å². The van der Waals surface area contributed by atoms with Crippen molar-refractivity contribution < 1.29 is 14.6 Å². The molecule has 0 saturated carbocycles. The molecule has 1 fully saturated rings. The number of rotatable bonds is 10. The number of hydrogen-bond donors (Lipinski definition) is 1. The third-order valence-corrected chi connectivity index (χ3v) is 5.19. The smallest absolute Gasteiger partial charge is 0.303 e. The maximum absolute atomic E-state index is 10.7. The predicted molar refractivity (Wildman–Crippen MR) is 107 cm³/mol. The van der Waals surface area contributed by atoms with Crippen molar-refractivity contribution in [2.45, 2.75) is 44.8 Å². The lowest BCUT2D eigenvalue weighted by molar-refractivity contribution is -0.137. The zero-order valence-electron chi connectivity index (χ0n) is 15.8. The van der Waals surface area contributed by atoms with Crippen LogP contribution in [0, 0.1) is 0 Å². The van der Waals surface area contributed by atoms with Gasteiger partial charge in [-0.15, -0.1) is 0 Å². The van der Waals surface area contributed by atoms with Crippen molar-refractivity contribution in [3.63, 3.8) is 0 Å². The summed E-state index contributed by atoms with van der Waals surface area (Å²) in [5.41, 5.74) is 3.83. The maximum atomic E-state index is 10.7. The summed E-state index contributed by atoms with van der Waals surface area (Å²) in [4.78, 5) is 13.0. The Bertz CT molecular complexity index is 699. The Kier molecular flexibility index (Phi) is 7.43. The number of hydrogen-bond acceptors (Lipinski definition) is 3. The van der Waals surface area contributed by atoms with E-state index < -0.39 is 5.97 Å². The van der Waals surface area contributed by atoms with E-state index in [2.05, 4.69) is 53.4 Å². The standard InChI is InChI=1S/C23H29NO3/c25-23(26)9-5-15-24-14-4-8-22(24)18-27-17-21-12-10-20(11-13-21)16-19-6-2-1-3-7-19/h1-3,6-7,10-13,22H,4-5,8-9,14-18H2,(H,25,26). The fourth-order valence-corrected chi connectivity index (χ4v) is 3.71. The molecule has 2 aromatic rings. The molecule has 0 bridgehead atoms. The third kappa shape index (κ3) is 6.49. The van der Waals surface area contributed by atoms with Gasteiger partial charge in [0, 0.05) is 12.5 Å². The van der Waals surface area contributed by atoms with Crippen molar-refractivity contribution in [1.29, 1.82) is 0 Å². The second-order valence-corrected chi connectivity index (χ2v) is 7.32. The largest absolute Gasteiger partial charge is 0.481 e. The van der Waals surface area contributed by atoms with Crippen LogP contribution in [0.5, 0.6) is 0 Å². The molecule has 0 spiro atoms. The van der Waals surface area contributed by atoms with E-state index in [-0.39, 0.29) is 6.42 Å². The summed E-state index contributed by atoms with van der Waals surface area (Å²) < 4.78 is 5.96. The highest BCUT2D eigenvalue weighted by molar-refractivity contribution is 5.66. The van der Waals surface area contributed by atoms with E-state index in [4.69, 9.17) is 9.84 Å². The minimum Gasteiger partial charge on any atom is -0.481 e. The summed E-state index contributed by atoms with van der Waals surface area (Å²) in [6.45, 7) is 3.26. The Morgan fingerprint density at radius 3 is 2.48 bits per heavy atom. The van der Waals surface area contributed by atoms with Gasteiger partial charge in [-0.2, -0.15) is 0 Å². The third-order valence-electron chi connectivity index (χ3n) is 5.19. The van der Waals surface area contributed by atoms with E-state index in [0.717, 1.165) is 32.5 Å². The van der Waals surface area contributed by atoms with Gasteiger partial charge in [0.05, 0.1) is 13.2 Å². The fraction of sp³-hybridized carbons (Fsp3) is 0.435. The van der Waals surface area contributed by atoms with Crippen LogP contribution in [-0.2, 0) is 22.6 Å². The van der Waals surface area contributed by atoms with Crippen LogP contribution in [0.3, 0.4) is 0 Å². The Morgan fingerprint density at radius 2 is 1.74 bits per heavy atom. The number of carboxylic acids is 1. The Labute approximate surface area is 161 Å². The van der Waals surface area contributed by atoms with Gasteiger partial charge in [0.25, 0.3) is 0 Å². The molecular formula is C23H29NO3. The highest BCUT2D eigenvalue weighted by atomic mass is 16.5. The molecule has 1 saturated heterocycles. The first-order valence-electron chi connectivity index (χ1n) is 9.86. The molecule has 1 atom stereocenters. The fourth-order valence-electron chi connectivity index (χ4n) is 3.71. The van der Waals surface area contributed by atoms with Gasteiger partial charge in [0.2, 0.25) is 0 Å². The van der Waals surface area contributed by atoms with Crippen molar-refractivity contribution in [1.82, 2.24) is 4.90 Å². The summed E-state index contributed by atoms with van der Waals surface area (Å²) in [5.74, 6) is -0.710. The summed E-state index contributed by atoms with van der Waals surface area (Å²) in [6.07, 6.45) is 4.24. The average Bonchev–Trinajstić information content (AvgIpc) is 3.11. The second-order valence-electron chi connectivity index (χ2n) is 7.32. The molecule has 0 radical (unpaired) electrons. The number of carboxylic acid groups (broad SMARTS) is 1. The minimum atomic E-state index is -0.710. The average molecular weight is 367 g/mol. The molecule has 1 N–H and O–H groups in total. The van der Waals surface area contributed by atoms with Gasteiger partial charge < -0.3 is 9.84 Å². The van der Waals surface area contributed by atoms with E-state index in [1.807, 2.05) is 6.07 Å². The van der Waals surface area contributed by atoms with E-state index >= 15 is 0 Å². The van der Waals surface area contributed by atoms with E-state index in [0.29, 0.717) is 19.1 Å². The summed E-state index contributed by atoms with van der Waals surface area (Å²) in [7, 11) is 0. The van der Waals surface area contributed by atoms with E-state index in [1.54, 1.807) is 0 Å². The lowest BCUT2D eigenvalue weighted by atomic mass is 10.0. The first kappa shape index (κ1) is 19.6. The van der Waals surface area contributed by atoms with Crippen LogP contribution in [0.4, 0.5) is 0 Å². The molecule has 1 unspecified atom stereocenters. The van der Waals surface area contributed by atoms with Crippen LogP contribution in [0.2, 0.25) is 0 Å². The van der Waals surface area contributed by atoms with Crippen molar-refractivity contribution in [2.75, 3.05) is 19.7 Å². The SMILES string of the molecule is O=C(O)CCCN1CCCC1COCc1ccc(Cc2ccccc2)cc1. The molecule has 2 aromatic carbocycles. The van der Waals surface area contributed by atoms with Crippen LogP contribution in [0.15, 0.2) is 54.6 Å². The number of nitrogens with zero attached hydrogens (tertiary/aromatic N) is 1. The lowest BCUT2D eigenvalue weighted by Gasteiger charge is -2.24. The maximum Gasteiger partial charge on any atom is 0.303 e. The Balaban J connectivity index is 1.40. The van der Waals surface area contributed by atoms with Crippen molar-refractivity contribution in [2.24, 2.45) is 0 Å². The molecule has 3 rings (SSSR count). The Morgan fingerprint density at radius 1 is 1.04 bits per heavy atom. The molecule has 0 amide bonds. The molecule has 0 aromatic heterocycles. The zero-order chi connectivity index (χ0) is 18.9. The van der Waals surface area contributed by atoms with Gasteiger partial charge in [-0.05, 0) is 55.5 Å². The molecule has 144 valence electrons. The molecule has 1 aliphatic rings. The minimum absolute atomic E-state index is 0.249. The number of ether oxygens (including phenoxy) is 1. The molecule has 0 aliphatic carbocycles. The van der Waals surface area contributed by atoms with Gasteiger partial charge >= 0.3 is 5.97 Å².